The number of Topliss-reactive ketones (excluding diaryl/α,β-unsaturated/α-hetero) is 1. The molecule has 0 N–H and O–H groups in total. The van der Waals surface area contributed by atoms with Gasteiger partial charge in [-0.15, -0.1) is 0 Å². The lowest BCUT2D eigenvalue weighted by Gasteiger charge is -2.01. The van der Waals surface area contributed by atoms with E-state index in [0.717, 1.165) is 22.2 Å². The van der Waals surface area contributed by atoms with Crippen molar-refractivity contribution >= 4 is 28.4 Å². The van der Waals surface area contributed by atoms with Crippen LogP contribution in [0, 0.1) is 0 Å². The zero-order valence-corrected chi connectivity index (χ0v) is 12.2. The number of ketones is 1. The molecule has 6 heteroatoms. The summed E-state index contributed by atoms with van der Waals surface area (Å²) in [7, 11) is 0. The van der Waals surface area contributed by atoms with Crippen molar-refractivity contribution in [1.82, 2.24) is 19.7 Å². The second-order valence-electron chi connectivity index (χ2n) is 4.84. The number of rotatable bonds is 4. The van der Waals surface area contributed by atoms with Crippen molar-refractivity contribution in [3.63, 3.8) is 0 Å². The van der Waals surface area contributed by atoms with Crippen molar-refractivity contribution in [2.75, 3.05) is 0 Å². The molecular formula is C15H13ClN4O. The Balaban J connectivity index is 1.91. The summed E-state index contributed by atoms with van der Waals surface area (Å²) in [6, 6.07) is 5.49. The summed E-state index contributed by atoms with van der Waals surface area (Å²) in [5.41, 5.74) is 3.41. The van der Waals surface area contributed by atoms with Gasteiger partial charge >= 0.3 is 0 Å². The SMILES string of the molecule is CC(=O)CCn1cc(-c2cnc3ccc(Cl)nc3c2)cn1. The van der Waals surface area contributed by atoms with E-state index in [1.807, 2.05) is 18.3 Å². The highest BCUT2D eigenvalue weighted by Gasteiger charge is 2.06. The molecule has 0 atom stereocenters. The van der Waals surface area contributed by atoms with Crippen LogP contribution in [-0.2, 0) is 11.3 Å². The summed E-state index contributed by atoms with van der Waals surface area (Å²) >= 11 is 5.90. The van der Waals surface area contributed by atoms with E-state index in [-0.39, 0.29) is 5.78 Å². The van der Waals surface area contributed by atoms with Gasteiger partial charge in [-0.1, -0.05) is 11.6 Å². The van der Waals surface area contributed by atoms with Crippen LogP contribution in [-0.4, -0.2) is 25.5 Å². The van der Waals surface area contributed by atoms with Gasteiger partial charge in [0.1, 0.15) is 10.9 Å². The van der Waals surface area contributed by atoms with Crippen LogP contribution in [0.25, 0.3) is 22.2 Å². The Morgan fingerprint density at radius 1 is 1.24 bits per heavy atom. The molecule has 3 heterocycles. The predicted molar refractivity (Wildman–Crippen MR) is 81.1 cm³/mol. The van der Waals surface area contributed by atoms with Gasteiger partial charge in [0, 0.05) is 36.5 Å². The summed E-state index contributed by atoms with van der Waals surface area (Å²) in [6.45, 7) is 2.16. The van der Waals surface area contributed by atoms with E-state index in [4.69, 9.17) is 11.6 Å². The monoisotopic (exact) mass is 300 g/mol. The molecule has 0 radical (unpaired) electrons. The zero-order chi connectivity index (χ0) is 14.8. The third kappa shape index (κ3) is 3.08. The van der Waals surface area contributed by atoms with Crippen LogP contribution >= 0.6 is 11.6 Å². The smallest absolute Gasteiger partial charge is 0.131 e. The van der Waals surface area contributed by atoms with Crippen molar-refractivity contribution in [2.45, 2.75) is 19.9 Å². The quantitative estimate of drug-likeness (QED) is 0.695. The van der Waals surface area contributed by atoms with E-state index in [1.54, 1.807) is 30.1 Å². The minimum absolute atomic E-state index is 0.151. The van der Waals surface area contributed by atoms with E-state index in [2.05, 4.69) is 15.1 Å². The minimum Gasteiger partial charge on any atom is -0.300 e. The first-order valence-electron chi connectivity index (χ1n) is 6.56. The molecule has 0 aliphatic carbocycles. The van der Waals surface area contributed by atoms with Crippen molar-refractivity contribution in [3.8, 4) is 11.1 Å². The van der Waals surface area contributed by atoms with Gasteiger partial charge in [0.2, 0.25) is 0 Å². The number of aryl methyl sites for hydroxylation is 1. The zero-order valence-electron chi connectivity index (χ0n) is 11.5. The number of hydrogen-bond donors (Lipinski definition) is 0. The molecule has 0 aromatic carbocycles. The normalized spacial score (nSPS) is 11.0. The fourth-order valence-corrected chi connectivity index (χ4v) is 2.20. The molecule has 0 saturated carbocycles. The second kappa shape index (κ2) is 5.61. The number of pyridine rings is 2. The standard InChI is InChI=1S/C15H13ClN4O/c1-10(21)4-5-20-9-12(8-18-20)11-6-14-13(17-7-11)2-3-15(16)19-14/h2-3,6-9H,4-5H2,1H3. The summed E-state index contributed by atoms with van der Waals surface area (Å²) in [5.74, 6) is 0.151. The second-order valence-corrected chi connectivity index (χ2v) is 5.23. The molecule has 5 nitrogen and oxygen atoms in total. The molecule has 3 rings (SSSR count). The van der Waals surface area contributed by atoms with Crippen molar-refractivity contribution in [2.24, 2.45) is 0 Å². The van der Waals surface area contributed by atoms with E-state index >= 15 is 0 Å². The van der Waals surface area contributed by atoms with Crippen LogP contribution < -0.4 is 0 Å². The van der Waals surface area contributed by atoms with Crippen molar-refractivity contribution in [3.05, 3.63) is 41.9 Å². The van der Waals surface area contributed by atoms with Crippen LogP contribution in [0.3, 0.4) is 0 Å². The fourth-order valence-electron chi connectivity index (χ4n) is 2.05. The van der Waals surface area contributed by atoms with Crippen LogP contribution in [0.4, 0.5) is 0 Å². The molecule has 3 aromatic heterocycles. The summed E-state index contributed by atoms with van der Waals surface area (Å²) in [6.07, 6.45) is 5.92. The first-order valence-corrected chi connectivity index (χ1v) is 6.94. The van der Waals surface area contributed by atoms with Gasteiger partial charge in [-0.2, -0.15) is 5.10 Å². The van der Waals surface area contributed by atoms with E-state index in [9.17, 15) is 4.79 Å². The number of aromatic nitrogens is 4. The Bertz CT molecular complexity index is 812. The summed E-state index contributed by atoms with van der Waals surface area (Å²) < 4.78 is 1.76. The topological polar surface area (TPSA) is 60.7 Å². The van der Waals surface area contributed by atoms with Crippen LogP contribution in [0.5, 0.6) is 0 Å². The third-order valence-corrected chi connectivity index (χ3v) is 3.37. The van der Waals surface area contributed by atoms with Crippen LogP contribution in [0.2, 0.25) is 5.15 Å². The Morgan fingerprint density at radius 3 is 2.90 bits per heavy atom. The maximum absolute atomic E-state index is 11.0. The molecule has 0 spiro atoms. The Kier molecular flexibility index (Phi) is 3.66. The number of halogens is 1. The van der Waals surface area contributed by atoms with Gasteiger partial charge in [0.05, 0.1) is 17.2 Å². The highest BCUT2D eigenvalue weighted by molar-refractivity contribution is 6.29. The fraction of sp³-hybridized carbons (Fsp3) is 0.200. The maximum atomic E-state index is 11.0. The average Bonchev–Trinajstić information content (AvgIpc) is 2.93. The first-order chi connectivity index (χ1) is 10.1. The molecule has 0 saturated heterocycles. The summed E-state index contributed by atoms with van der Waals surface area (Å²) in [4.78, 5) is 19.6. The third-order valence-electron chi connectivity index (χ3n) is 3.16. The molecule has 0 aliphatic rings. The average molecular weight is 301 g/mol. The number of fused-ring (bicyclic) bond motifs is 1. The van der Waals surface area contributed by atoms with Crippen LogP contribution in [0.1, 0.15) is 13.3 Å². The first kappa shape index (κ1) is 13.7. The molecular weight excluding hydrogens is 288 g/mol. The Labute approximate surface area is 126 Å². The van der Waals surface area contributed by atoms with Crippen LogP contribution in [0.15, 0.2) is 36.8 Å². The number of nitrogens with zero attached hydrogens (tertiary/aromatic N) is 4. The molecule has 0 fully saturated rings. The van der Waals surface area contributed by atoms with Gasteiger partial charge < -0.3 is 0 Å². The van der Waals surface area contributed by atoms with Crippen molar-refractivity contribution < 1.29 is 4.79 Å². The molecule has 0 aliphatic heterocycles. The highest BCUT2D eigenvalue weighted by Crippen LogP contribution is 2.22. The van der Waals surface area contributed by atoms with Gasteiger partial charge in [0.25, 0.3) is 0 Å². The molecule has 106 valence electrons. The molecule has 0 bridgehead atoms. The number of carbonyl (C=O) groups is 1. The lowest BCUT2D eigenvalue weighted by molar-refractivity contribution is -0.117. The lowest BCUT2D eigenvalue weighted by Crippen LogP contribution is -2.02. The summed E-state index contributed by atoms with van der Waals surface area (Å²) in [5, 5.41) is 4.70. The van der Waals surface area contributed by atoms with Gasteiger partial charge in [-0.25, -0.2) is 4.98 Å². The molecule has 21 heavy (non-hydrogen) atoms. The molecule has 3 aromatic rings. The largest absolute Gasteiger partial charge is 0.300 e. The van der Waals surface area contributed by atoms with E-state index in [1.165, 1.54) is 0 Å². The minimum atomic E-state index is 0.151. The Hall–Kier alpha value is -2.27. The van der Waals surface area contributed by atoms with Gasteiger partial charge in [-0.3, -0.25) is 14.5 Å². The predicted octanol–water partition coefficient (Wildman–Crippen LogP) is 3.13. The molecule has 0 amide bonds. The number of hydrogen-bond acceptors (Lipinski definition) is 4. The van der Waals surface area contributed by atoms with Gasteiger partial charge in [0.15, 0.2) is 0 Å². The number of carbonyl (C=O) groups excluding carboxylic acids is 1. The lowest BCUT2D eigenvalue weighted by atomic mass is 10.1. The Morgan fingerprint density at radius 2 is 2.10 bits per heavy atom. The van der Waals surface area contributed by atoms with E-state index < -0.39 is 0 Å². The van der Waals surface area contributed by atoms with E-state index in [0.29, 0.717) is 18.1 Å². The van der Waals surface area contributed by atoms with Crippen molar-refractivity contribution in [1.29, 1.82) is 0 Å². The van der Waals surface area contributed by atoms with Gasteiger partial charge in [-0.05, 0) is 25.1 Å². The maximum Gasteiger partial charge on any atom is 0.131 e. The molecule has 0 unspecified atom stereocenters. The highest BCUT2D eigenvalue weighted by atomic mass is 35.5.